The fourth-order valence-electron chi connectivity index (χ4n) is 2.20. The van der Waals surface area contributed by atoms with Crippen LogP contribution < -0.4 is 11.1 Å². The molecule has 2 amide bonds. The predicted octanol–water partition coefficient (Wildman–Crippen LogP) is 1.68. The van der Waals surface area contributed by atoms with Crippen molar-refractivity contribution < 1.29 is 14.3 Å². The Morgan fingerprint density at radius 2 is 2.05 bits per heavy atom. The largest absolute Gasteiger partial charge is 0.368 e. The first-order chi connectivity index (χ1) is 9.99. The summed E-state index contributed by atoms with van der Waals surface area (Å²) in [5.74, 6) is -0.975. The average molecular weight is 331 g/mol. The third kappa shape index (κ3) is 4.09. The lowest BCUT2D eigenvalue weighted by Gasteiger charge is -2.19. The Bertz CT molecular complexity index is 525. The van der Waals surface area contributed by atoms with E-state index in [0.717, 1.165) is 6.42 Å². The van der Waals surface area contributed by atoms with E-state index in [2.05, 4.69) is 5.32 Å². The van der Waals surface area contributed by atoms with Crippen molar-refractivity contribution in [2.45, 2.75) is 31.4 Å². The molecule has 7 heteroatoms. The summed E-state index contributed by atoms with van der Waals surface area (Å²) in [6, 6.07) is 4.17. The van der Waals surface area contributed by atoms with E-state index < -0.39 is 18.1 Å². The van der Waals surface area contributed by atoms with Gasteiger partial charge in [0.05, 0.1) is 0 Å². The summed E-state index contributed by atoms with van der Waals surface area (Å²) in [7, 11) is 0. The van der Waals surface area contributed by atoms with Gasteiger partial charge in [0.1, 0.15) is 12.1 Å². The first kappa shape index (κ1) is 16.1. The van der Waals surface area contributed by atoms with Crippen molar-refractivity contribution in [1.29, 1.82) is 0 Å². The van der Waals surface area contributed by atoms with Crippen LogP contribution in [-0.4, -0.2) is 30.6 Å². The summed E-state index contributed by atoms with van der Waals surface area (Å²) in [4.78, 5) is 23.6. The first-order valence-electron chi connectivity index (χ1n) is 6.63. The zero-order valence-electron chi connectivity index (χ0n) is 11.3. The number of nitrogens with two attached hydrogens (primary N) is 1. The van der Waals surface area contributed by atoms with E-state index in [9.17, 15) is 9.59 Å². The summed E-state index contributed by atoms with van der Waals surface area (Å²) in [5.41, 5.74) is 5.93. The Hall–Kier alpha value is -1.30. The maximum atomic E-state index is 12.0. The van der Waals surface area contributed by atoms with Crippen LogP contribution in [0.4, 0.5) is 0 Å². The molecule has 1 saturated heterocycles. The highest BCUT2D eigenvalue weighted by molar-refractivity contribution is 6.36. The number of hydrogen-bond acceptors (Lipinski definition) is 3. The number of primary amides is 1. The van der Waals surface area contributed by atoms with E-state index >= 15 is 0 Å². The van der Waals surface area contributed by atoms with Gasteiger partial charge in [-0.15, -0.1) is 0 Å². The molecule has 0 unspecified atom stereocenters. The number of nitrogens with one attached hydrogen (secondary N) is 1. The van der Waals surface area contributed by atoms with Gasteiger partial charge >= 0.3 is 0 Å². The van der Waals surface area contributed by atoms with Crippen molar-refractivity contribution in [3.63, 3.8) is 0 Å². The number of hydrogen-bond donors (Lipinski definition) is 2. The molecular weight excluding hydrogens is 315 g/mol. The predicted molar refractivity (Wildman–Crippen MR) is 80.3 cm³/mol. The molecule has 0 aromatic heterocycles. The highest BCUT2D eigenvalue weighted by atomic mass is 35.5. The van der Waals surface area contributed by atoms with E-state index in [1.165, 1.54) is 0 Å². The van der Waals surface area contributed by atoms with E-state index in [1.807, 2.05) is 0 Å². The van der Waals surface area contributed by atoms with Gasteiger partial charge in [-0.05, 0) is 30.5 Å². The van der Waals surface area contributed by atoms with Gasteiger partial charge < -0.3 is 15.8 Å². The molecule has 3 N–H and O–H groups in total. The molecule has 21 heavy (non-hydrogen) atoms. The van der Waals surface area contributed by atoms with E-state index in [-0.39, 0.29) is 12.3 Å². The second-order valence-corrected chi connectivity index (χ2v) is 5.68. The first-order valence-corrected chi connectivity index (χ1v) is 7.39. The van der Waals surface area contributed by atoms with E-state index in [4.69, 9.17) is 33.7 Å². The Morgan fingerprint density at radius 1 is 1.38 bits per heavy atom. The molecule has 0 aliphatic carbocycles. The normalized spacial score (nSPS) is 19.2. The van der Waals surface area contributed by atoms with Gasteiger partial charge in [-0.1, -0.05) is 29.3 Å². The molecule has 1 aliphatic rings. The number of amides is 2. The Morgan fingerprint density at radius 3 is 2.57 bits per heavy atom. The van der Waals surface area contributed by atoms with Crippen molar-refractivity contribution in [3.05, 3.63) is 33.8 Å². The third-order valence-corrected chi connectivity index (χ3v) is 4.06. The third-order valence-electron chi connectivity index (χ3n) is 3.35. The van der Waals surface area contributed by atoms with Gasteiger partial charge in [0.15, 0.2) is 0 Å². The standard InChI is InChI=1S/C14H16Cl2N2O3/c15-9-3-1-4-10(16)8(9)7-11(13(17)19)18-14(20)12-5-2-6-21-12/h1,3-4,11-12H,2,5-7H2,(H2,17,19)(H,18,20)/t11-,12-/m0/s1. The average Bonchev–Trinajstić information content (AvgIpc) is 2.95. The molecule has 1 fully saturated rings. The minimum Gasteiger partial charge on any atom is -0.368 e. The number of benzene rings is 1. The Labute approximate surface area is 132 Å². The minimum absolute atomic E-state index is 0.145. The van der Waals surface area contributed by atoms with Gasteiger partial charge in [0.2, 0.25) is 11.8 Å². The summed E-state index contributed by atoms with van der Waals surface area (Å²) in [6.07, 6.45) is 1.10. The van der Waals surface area contributed by atoms with Gasteiger partial charge in [-0.2, -0.15) is 0 Å². The zero-order valence-corrected chi connectivity index (χ0v) is 12.8. The van der Waals surface area contributed by atoms with Crippen molar-refractivity contribution in [1.82, 2.24) is 5.32 Å². The highest BCUT2D eigenvalue weighted by Gasteiger charge is 2.28. The Kier molecular flexibility index (Phi) is 5.45. The van der Waals surface area contributed by atoms with Gasteiger partial charge in [0.25, 0.3) is 0 Å². The molecule has 1 aromatic rings. The van der Waals surface area contributed by atoms with Crippen molar-refractivity contribution in [2.24, 2.45) is 5.73 Å². The van der Waals surface area contributed by atoms with Crippen molar-refractivity contribution in [2.75, 3.05) is 6.61 Å². The Balaban J connectivity index is 2.09. The van der Waals surface area contributed by atoms with Gasteiger partial charge in [0, 0.05) is 23.1 Å². The highest BCUT2D eigenvalue weighted by Crippen LogP contribution is 2.25. The van der Waals surface area contributed by atoms with Crippen LogP contribution in [0.1, 0.15) is 18.4 Å². The van der Waals surface area contributed by atoms with Crippen LogP contribution in [-0.2, 0) is 20.7 Å². The summed E-state index contributed by atoms with van der Waals surface area (Å²) in [5, 5.41) is 3.47. The smallest absolute Gasteiger partial charge is 0.249 e. The van der Waals surface area contributed by atoms with Gasteiger partial charge in [-0.3, -0.25) is 9.59 Å². The second-order valence-electron chi connectivity index (χ2n) is 4.87. The molecule has 0 bridgehead atoms. The van der Waals surface area contributed by atoms with Crippen molar-refractivity contribution >= 4 is 35.0 Å². The molecule has 1 aromatic carbocycles. The molecule has 0 saturated carbocycles. The van der Waals surface area contributed by atoms with Crippen LogP contribution in [0, 0.1) is 0 Å². The molecule has 1 aliphatic heterocycles. The quantitative estimate of drug-likeness (QED) is 0.861. The van der Waals surface area contributed by atoms with Crippen LogP contribution in [0.3, 0.4) is 0 Å². The van der Waals surface area contributed by atoms with Crippen LogP contribution in [0.25, 0.3) is 0 Å². The number of ether oxygens (including phenoxy) is 1. The fourth-order valence-corrected chi connectivity index (χ4v) is 2.76. The molecule has 1 heterocycles. The maximum absolute atomic E-state index is 12.0. The lowest BCUT2D eigenvalue weighted by Crippen LogP contribution is -2.49. The lowest BCUT2D eigenvalue weighted by molar-refractivity contribution is -0.133. The number of halogens is 2. The lowest BCUT2D eigenvalue weighted by atomic mass is 10.0. The molecule has 2 rings (SSSR count). The van der Waals surface area contributed by atoms with E-state index in [0.29, 0.717) is 28.6 Å². The summed E-state index contributed by atoms with van der Waals surface area (Å²) >= 11 is 12.1. The zero-order chi connectivity index (χ0) is 15.4. The molecule has 5 nitrogen and oxygen atoms in total. The van der Waals surface area contributed by atoms with Crippen LogP contribution in [0.5, 0.6) is 0 Å². The molecular formula is C14H16Cl2N2O3. The van der Waals surface area contributed by atoms with Crippen molar-refractivity contribution in [3.8, 4) is 0 Å². The monoisotopic (exact) mass is 330 g/mol. The summed E-state index contributed by atoms with van der Waals surface area (Å²) in [6.45, 7) is 0.551. The fraction of sp³-hybridized carbons (Fsp3) is 0.429. The molecule has 114 valence electrons. The molecule has 2 atom stereocenters. The number of carbonyl (C=O) groups is 2. The van der Waals surface area contributed by atoms with Gasteiger partial charge in [-0.25, -0.2) is 0 Å². The number of rotatable bonds is 5. The van der Waals surface area contributed by atoms with Crippen LogP contribution in [0.15, 0.2) is 18.2 Å². The summed E-state index contributed by atoms with van der Waals surface area (Å²) < 4.78 is 5.28. The van der Waals surface area contributed by atoms with Crippen LogP contribution in [0.2, 0.25) is 10.0 Å². The second kappa shape index (κ2) is 7.11. The van der Waals surface area contributed by atoms with Crippen LogP contribution >= 0.6 is 23.2 Å². The minimum atomic E-state index is -0.876. The topological polar surface area (TPSA) is 81.4 Å². The van der Waals surface area contributed by atoms with E-state index in [1.54, 1.807) is 18.2 Å². The number of carbonyl (C=O) groups excluding carboxylic acids is 2. The molecule has 0 radical (unpaired) electrons. The SMILES string of the molecule is NC(=O)[C@H](Cc1c(Cl)cccc1Cl)NC(=O)[C@@H]1CCCO1. The maximum Gasteiger partial charge on any atom is 0.249 e. The molecule has 0 spiro atoms.